The van der Waals surface area contributed by atoms with E-state index in [0.29, 0.717) is 11.7 Å². The molecule has 0 spiro atoms. The van der Waals surface area contributed by atoms with Gasteiger partial charge in [0.05, 0.1) is 12.0 Å². The van der Waals surface area contributed by atoms with Crippen LogP contribution in [0, 0.1) is 5.82 Å². The Labute approximate surface area is 132 Å². The van der Waals surface area contributed by atoms with Crippen LogP contribution in [0.3, 0.4) is 0 Å². The third-order valence-electron chi connectivity index (χ3n) is 2.98. The summed E-state index contributed by atoms with van der Waals surface area (Å²) in [6.45, 7) is 0. The zero-order chi connectivity index (χ0) is 16.2. The number of hydrogen-bond acceptors (Lipinski definition) is 4. The summed E-state index contributed by atoms with van der Waals surface area (Å²) in [5, 5.41) is 4.32. The second kappa shape index (κ2) is 6.35. The number of halogens is 1. The maximum absolute atomic E-state index is 12.9. The van der Waals surface area contributed by atoms with Crippen molar-refractivity contribution in [1.29, 1.82) is 0 Å². The topological polar surface area (TPSA) is 58.7 Å². The molecule has 3 aromatic rings. The predicted molar refractivity (Wildman–Crippen MR) is 87.9 cm³/mol. The summed E-state index contributed by atoms with van der Waals surface area (Å²) >= 11 is 0. The van der Waals surface area contributed by atoms with Crippen molar-refractivity contribution in [2.75, 3.05) is 14.1 Å². The molecule has 3 rings (SSSR count). The molecule has 0 aliphatic rings. The van der Waals surface area contributed by atoms with Crippen molar-refractivity contribution in [3.05, 3.63) is 53.6 Å². The van der Waals surface area contributed by atoms with Crippen LogP contribution in [0.2, 0.25) is 0 Å². The molecule has 0 radical (unpaired) electrons. The van der Waals surface area contributed by atoms with Gasteiger partial charge in [0.2, 0.25) is 0 Å². The molecule has 1 aromatic carbocycles. The van der Waals surface area contributed by atoms with E-state index in [-0.39, 0.29) is 5.82 Å². The molecular formula is C16H15FN6. The number of aromatic nitrogens is 4. The highest BCUT2D eigenvalue weighted by Gasteiger charge is 2.05. The lowest BCUT2D eigenvalue weighted by Crippen LogP contribution is -2.07. The Balaban J connectivity index is 1.92. The summed E-state index contributed by atoms with van der Waals surface area (Å²) in [7, 11) is 3.74. The first-order chi connectivity index (χ1) is 11.1. The monoisotopic (exact) mass is 310 g/mol. The SMILES string of the molecule is CN(C)C=Nc1nc2nccc(/C=C/c3ccc(F)cc3)n2n1. The number of hydrogen-bond donors (Lipinski definition) is 0. The number of aliphatic imine (C=N–C) groups is 1. The van der Waals surface area contributed by atoms with E-state index in [2.05, 4.69) is 20.1 Å². The van der Waals surface area contributed by atoms with Gasteiger partial charge in [0.1, 0.15) is 5.82 Å². The fourth-order valence-corrected chi connectivity index (χ4v) is 1.90. The molecule has 0 amide bonds. The van der Waals surface area contributed by atoms with Crippen LogP contribution < -0.4 is 0 Å². The summed E-state index contributed by atoms with van der Waals surface area (Å²) in [5.41, 5.74) is 1.69. The van der Waals surface area contributed by atoms with Crippen LogP contribution in [-0.2, 0) is 0 Å². The minimum absolute atomic E-state index is 0.256. The van der Waals surface area contributed by atoms with Crippen molar-refractivity contribution in [3.63, 3.8) is 0 Å². The summed E-state index contributed by atoms with van der Waals surface area (Å²) in [6, 6.07) is 8.08. The molecule has 2 aromatic heterocycles. The molecule has 7 heteroatoms. The van der Waals surface area contributed by atoms with Crippen molar-refractivity contribution in [2.24, 2.45) is 4.99 Å². The molecule has 0 saturated heterocycles. The Bertz CT molecular complexity index is 864. The average molecular weight is 310 g/mol. The zero-order valence-corrected chi connectivity index (χ0v) is 12.8. The lowest BCUT2D eigenvalue weighted by molar-refractivity contribution is 0.628. The van der Waals surface area contributed by atoms with Gasteiger partial charge in [0, 0.05) is 20.3 Å². The van der Waals surface area contributed by atoms with Crippen LogP contribution >= 0.6 is 0 Å². The van der Waals surface area contributed by atoms with Crippen molar-refractivity contribution in [1.82, 2.24) is 24.5 Å². The molecule has 6 nitrogen and oxygen atoms in total. The first kappa shape index (κ1) is 14.8. The second-order valence-electron chi connectivity index (χ2n) is 5.09. The Morgan fingerprint density at radius 3 is 2.65 bits per heavy atom. The molecule has 0 aliphatic heterocycles. The lowest BCUT2D eigenvalue weighted by Gasteiger charge is -1.99. The smallest absolute Gasteiger partial charge is 0.272 e. The van der Waals surface area contributed by atoms with Crippen molar-refractivity contribution in [3.8, 4) is 0 Å². The number of rotatable bonds is 4. The standard InChI is InChI=1S/C16H15FN6/c1-22(2)11-19-15-20-16-18-10-9-14(23(16)21-15)8-5-12-3-6-13(17)7-4-12/h3-11H,1-2H3/b8-5+,19-11?. The van der Waals surface area contributed by atoms with E-state index < -0.39 is 0 Å². The maximum atomic E-state index is 12.9. The summed E-state index contributed by atoms with van der Waals surface area (Å²) in [6.07, 6.45) is 7.03. The van der Waals surface area contributed by atoms with Crippen LogP contribution in [0.5, 0.6) is 0 Å². The van der Waals surface area contributed by atoms with Crippen LogP contribution in [0.4, 0.5) is 10.3 Å². The lowest BCUT2D eigenvalue weighted by atomic mass is 10.2. The molecule has 0 saturated carbocycles. The zero-order valence-electron chi connectivity index (χ0n) is 12.8. The van der Waals surface area contributed by atoms with Crippen LogP contribution in [0.15, 0.2) is 41.5 Å². The van der Waals surface area contributed by atoms with Crippen molar-refractivity contribution in [2.45, 2.75) is 0 Å². The molecule has 2 heterocycles. The maximum Gasteiger partial charge on any atom is 0.272 e. The number of nitrogens with zero attached hydrogens (tertiary/aromatic N) is 6. The quantitative estimate of drug-likeness (QED) is 0.549. The molecule has 0 unspecified atom stereocenters. The van der Waals surface area contributed by atoms with Crippen LogP contribution in [0.1, 0.15) is 11.3 Å². The van der Waals surface area contributed by atoms with Gasteiger partial charge in [-0.3, -0.25) is 0 Å². The van der Waals surface area contributed by atoms with Gasteiger partial charge in [0.25, 0.3) is 11.7 Å². The number of fused-ring (bicyclic) bond motifs is 1. The van der Waals surface area contributed by atoms with Gasteiger partial charge >= 0.3 is 0 Å². The molecule has 0 aliphatic carbocycles. The first-order valence-corrected chi connectivity index (χ1v) is 6.98. The summed E-state index contributed by atoms with van der Waals surface area (Å²) in [4.78, 5) is 14.4. The van der Waals surface area contributed by atoms with Gasteiger partial charge in [-0.05, 0) is 29.8 Å². The highest BCUT2D eigenvalue weighted by atomic mass is 19.1. The minimum Gasteiger partial charge on any atom is -0.369 e. The third kappa shape index (κ3) is 3.57. The van der Waals surface area contributed by atoms with Gasteiger partial charge in [-0.1, -0.05) is 18.2 Å². The van der Waals surface area contributed by atoms with Gasteiger partial charge in [0.15, 0.2) is 0 Å². The molecule has 23 heavy (non-hydrogen) atoms. The Kier molecular flexibility index (Phi) is 4.09. The Morgan fingerprint density at radius 1 is 1.13 bits per heavy atom. The highest BCUT2D eigenvalue weighted by Crippen LogP contribution is 2.12. The van der Waals surface area contributed by atoms with E-state index in [4.69, 9.17) is 0 Å². The average Bonchev–Trinajstić information content (AvgIpc) is 2.96. The fourth-order valence-electron chi connectivity index (χ4n) is 1.90. The second-order valence-corrected chi connectivity index (χ2v) is 5.09. The molecule has 0 bridgehead atoms. The largest absolute Gasteiger partial charge is 0.369 e. The molecule has 0 N–H and O–H groups in total. The van der Waals surface area contributed by atoms with E-state index in [1.165, 1.54) is 12.1 Å². The third-order valence-corrected chi connectivity index (χ3v) is 2.98. The predicted octanol–water partition coefficient (Wildman–Crippen LogP) is 2.66. The molecule has 116 valence electrons. The van der Waals surface area contributed by atoms with E-state index in [1.54, 1.807) is 34.1 Å². The van der Waals surface area contributed by atoms with Gasteiger partial charge in [-0.2, -0.15) is 9.50 Å². The Morgan fingerprint density at radius 2 is 1.91 bits per heavy atom. The van der Waals surface area contributed by atoms with Crippen molar-refractivity contribution >= 4 is 30.2 Å². The van der Waals surface area contributed by atoms with E-state index in [1.807, 2.05) is 32.3 Å². The fraction of sp³-hybridized carbons (Fsp3) is 0.125. The molecule has 0 atom stereocenters. The molecule has 0 fully saturated rings. The van der Waals surface area contributed by atoms with E-state index >= 15 is 0 Å². The van der Waals surface area contributed by atoms with E-state index in [9.17, 15) is 4.39 Å². The van der Waals surface area contributed by atoms with Gasteiger partial charge in [-0.15, -0.1) is 5.10 Å². The minimum atomic E-state index is -0.256. The van der Waals surface area contributed by atoms with Crippen LogP contribution in [-0.4, -0.2) is 44.9 Å². The van der Waals surface area contributed by atoms with E-state index in [0.717, 1.165) is 11.3 Å². The van der Waals surface area contributed by atoms with Crippen molar-refractivity contribution < 1.29 is 4.39 Å². The van der Waals surface area contributed by atoms with Crippen LogP contribution in [0.25, 0.3) is 17.9 Å². The van der Waals surface area contributed by atoms with Gasteiger partial charge < -0.3 is 4.90 Å². The summed E-state index contributed by atoms with van der Waals surface area (Å²) < 4.78 is 14.5. The normalized spacial score (nSPS) is 11.8. The summed E-state index contributed by atoms with van der Waals surface area (Å²) in [5.74, 6) is 0.555. The molecular weight excluding hydrogens is 295 g/mol. The number of benzene rings is 1. The Hall–Kier alpha value is -3.09. The van der Waals surface area contributed by atoms with Gasteiger partial charge in [-0.25, -0.2) is 14.4 Å². The first-order valence-electron chi connectivity index (χ1n) is 6.98. The highest BCUT2D eigenvalue weighted by molar-refractivity contribution is 5.68.